The number of hydrogen-bond acceptors (Lipinski definition) is 4. The minimum Gasteiger partial charge on any atom is -0.361 e. The highest BCUT2D eigenvalue weighted by Crippen LogP contribution is 2.32. The summed E-state index contributed by atoms with van der Waals surface area (Å²) in [7, 11) is -3.00. The van der Waals surface area contributed by atoms with Crippen molar-refractivity contribution in [2.45, 2.75) is 17.9 Å². The number of carbonyl (C=O) groups excluding carboxylic acids is 1. The van der Waals surface area contributed by atoms with Crippen LogP contribution < -0.4 is 5.32 Å². The van der Waals surface area contributed by atoms with E-state index in [4.69, 9.17) is 0 Å². The van der Waals surface area contributed by atoms with Gasteiger partial charge in [0.25, 0.3) is 5.91 Å². The predicted molar refractivity (Wildman–Crippen MR) is 95.0 cm³/mol. The van der Waals surface area contributed by atoms with Gasteiger partial charge < -0.3 is 10.3 Å². The van der Waals surface area contributed by atoms with Crippen molar-refractivity contribution in [2.24, 2.45) is 0 Å². The van der Waals surface area contributed by atoms with E-state index in [0.29, 0.717) is 11.4 Å². The number of H-pyrrole nitrogens is 1. The molecular weight excluding hydrogens is 344 g/mol. The molecule has 24 heavy (non-hydrogen) atoms. The third-order valence-electron chi connectivity index (χ3n) is 4.20. The van der Waals surface area contributed by atoms with Gasteiger partial charge >= 0.3 is 0 Å². The average Bonchev–Trinajstić information content (AvgIpc) is 3.18. The maximum Gasteiger partial charge on any atom is 0.261 e. The second-order valence-corrected chi connectivity index (χ2v) is 9.16. The van der Waals surface area contributed by atoms with Crippen LogP contribution in [0.25, 0.3) is 10.9 Å². The number of rotatable bonds is 4. The van der Waals surface area contributed by atoms with Crippen molar-refractivity contribution in [3.05, 3.63) is 57.4 Å². The molecule has 1 aliphatic rings. The quantitative estimate of drug-likeness (QED) is 0.751. The zero-order chi connectivity index (χ0) is 16.7. The van der Waals surface area contributed by atoms with Gasteiger partial charge in [0, 0.05) is 28.5 Å². The lowest BCUT2D eigenvalue weighted by Gasteiger charge is -2.03. The van der Waals surface area contributed by atoms with E-state index in [1.807, 2.05) is 24.4 Å². The Hall–Kier alpha value is -2.12. The number of nitrogens with one attached hydrogen (secondary N) is 2. The standard InChI is InChI=1S/C17H16N2O3S2/c20-17(15-7-12-9-24(21,22)10-16(12)23-15)18-6-5-11-8-19-14-4-2-1-3-13(11)14/h1-4,7-8,19H,5-6,9-10H2,(H,18,20). The van der Waals surface area contributed by atoms with Crippen LogP contribution in [0.5, 0.6) is 0 Å². The molecule has 0 bridgehead atoms. The van der Waals surface area contributed by atoms with Gasteiger partial charge in [0.05, 0.1) is 16.4 Å². The summed E-state index contributed by atoms with van der Waals surface area (Å²) in [6.45, 7) is 0.543. The van der Waals surface area contributed by atoms with E-state index in [1.54, 1.807) is 6.07 Å². The first-order valence-electron chi connectivity index (χ1n) is 7.67. The third-order valence-corrected chi connectivity index (χ3v) is 7.04. The number of aromatic nitrogens is 1. The molecule has 124 valence electrons. The molecule has 0 saturated carbocycles. The average molecular weight is 360 g/mol. The van der Waals surface area contributed by atoms with Crippen LogP contribution in [0.1, 0.15) is 25.7 Å². The second-order valence-electron chi connectivity index (χ2n) is 5.96. The number of sulfone groups is 1. The highest BCUT2D eigenvalue weighted by atomic mass is 32.2. The lowest BCUT2D eigenvalue weighted by molar-refractivity contribution is 0.0958. The summed E-state index contributed by atoms with van der Waals surface area (Å²) in [6.07, 6.45) is 2.72. The van der Waals surface area contributed by atoms with Crippen LogP contribution in [0.15, 0.2) is 36.5 Å². The Morgan fingerprint density at radius 3 is 2.92 bits per heavy atom. The van der Waals surface area contributed by atoms with Crippen molar-refractivity contribution in [3.8, 4) is 0 Å². The molecule has 1 amide bonds. The Kier molecular flexibility index (Phi) is 3.69. The van der Waals surface area contributed by atoms with Crippen LogP contribution >= 0.6 is 11.3 Å². The van der Waals surface area contributed by atoms with Crippen LogP contribution in [0.4, 0.5) is 0 Å². The molecule has 3 aromatic rings. The van der Waals surface area contributed by atoms with Gasteiger partial charge in [0.1, 0.15) is 0 Å². The van der Waals surface area contributed by atoms with Crippen LogP contribution in [-0.2, 0) is 27.8 Å². The predicted octanol–water partition coefficient (Wildman–Crippen LogP) is 2.63. The van der Waals surface area contributed by atoms with Crippen molar-refractivity contribution in [1.29, 1.82) is 0 Å². The van der Waals surface area contributed by atoms with E-state index >= 15 is 0 Å². The Balaban J connectivity index is 1.39. The lowest BCUT2D eigenvalue weighted by atomic mass is 10.1. The molecule has 0 fully saturated rings. The first-order valence-corrected chi connectivity index (χ1v) is 10.3. The van der Waals surface area contributed by atoms with E-state index in [9.17, 15) is 13.2 Å². The minimum absolute atomic E-state index is 0.0570. The summed E-state index contributed by atoms with van der Waals surface area (Å²) < 4.78 is 23.1. The van der Waals surface area contributed by atoms with Crippen LogP contribution in [0, 0.1) is 0 Å². The number of aromatic amines is 1. The molecule has 0 atom stereocenters. The molecule has 0 spiro atoms. The number of fused-ring (bicyclic) bond motifs is 2. The minimum atomic E-state index is -3.00. The number of benzene rings is 1. The van der Waals surface area contributed by atoms with Gasteiger partial charge in [-0.15, -0.1) is 11.3 Å². The second kappa shape index (κ2) is 5.75. The zero-order valence-corrected chi connectivity index (χ0v) is 14.5. The van der Waals surface area contributed by atoms with Gasteiger partial charge in [0.2, 0.25) is 0 Å². The number of thiophene rings is 1. The van der Waals surface area contributed by atoms with Gasteiger partial charge in [-0.3, -0.25) is 4.79 Å². The number of carbonyl (C=O) groups is 1. The Morgan fingerprint density at radius 1 is 1.25 bits per heavy atom. The van der Waals surface area contributed by atoms with Crippen molar-refractivity contribution in [3.63, 3.8) is 0 Å². The normalized spacial score (nSPS) is 15.5. The van der Waals surface area contributed by atoms with Crippen LogP contribution in [-0.4, -0.2) is 25.9 Å². The fourth-order valence-corrected chi connectivity index (χ4v) is 6.22. The number of para-hydroxylation sites is 1. The molecule has 1 aliphatic heterocycles. The maximum atomic E-state index is 12.2. The molecule has 0 aliphatic carbocycles. The van der Waals surface area contributed by atoms with E-state index < -0.39 is 9.84 Å². The van der Waals surface area contributed by atoms with Crippen molar-refractivity contribution in [1.82, 2.24) is 10.3 Å². The molecule has 1 aromatic carbocycles. The van der Waals surface area contributed by atoms with Gasteiger partial charge in [0.15, 0.2) is 9.84 Å². The molecule has 0 saturated heterocycles. The third kappa shape index (κ3) is 2.85. The fourth-order valence-electron chi connectivity index (χ4n) is 3.05. The smallest absolute Gasteiger partial charge is 0.261 e. The number of amides is 1. The molecule has 0 unspecified atom stereocenters. The van der Waals surface area contributed by atoms with Crippen molar-refractivity contribution >= 4 is 38.0 Å². The van der Waals surface area contributed by atoms with E-state index in [-0.39, 0.29) is 17.4 Å². The maximum absolute atomic E-state index is 12.2. The van der Waals surface area contributed by atoms with E-state index in [2.05, 4.69) is 16.4 Å². The Labute approximate surface area is 143 Å². The highest BCUT2D eigenvalue weighted by molar-refractivity contribution is 7.90. The first kappa shape index (κ1) is 15.4. The monoisotopic (exact) mass is 360 g/mol. The van der Waals surface area contributed by atoms with Gasteiger partial charge in [-0.05, 0) is 29.7 Å². The molecule has 4 rings (SSSR count). The Bertz CT molecular complexity index is 1000. The molecule has 7 heteroatoms. The fraction of sp³-hybridized carbons (Fsp3) is 0.235. The van der Waals surface area contributed by atoms with Crippen molar-refractivity contribution < 1.29 is 13.2 Å². The van der Waals surface area contributed by atoms with Crippen LogP contribution in [0.3, 0.4) is 0 Å². The largest absolute Gasteiger partial charge is 0.361 e. The molecule has 3 heterocycles. The molecule has 2 aromatic heterocycles. The van der Waals surface area contributed by atoms with Gasteiger partial charge in [-0.2, -0.15) is 0 Å². The lowest BCUT2D eigenvalue weighted by Crippen LogP contribution is -2.24. The summed E-state index contributed by atoms with van der Waals surface area (Å²) in [6, 6.07) is 9.79. The molecule has 2 N–H and O–H groups in total. The topological polar surface area (TPSA) is 79.0 Å². The first-order chi connectivity index (χ1) is 11.5. The summed E-state index contributed by atoms with van der Waals surface area (Å²) in [5.74, 6) is -0.0106. The highest BCUT2D eigenvalue weighted by Gasteiger charge is 2.28. The van der Waals surface area contributed by atoms with Crippen LogP contribution in [0.2, 0.25) is 0 Å². The molecular formula is C17H16N2O3S2. The van der Waals surface area contributed by atoms with Crippen molar-refractivity contribution in [2.75, 3.05) is 6.54 Å². The SMILES string of the molecule is O=C(NCCc1c[nH]c2ccccc12)c1cc2c(s1)CS(=O)(=O)C2. The zero-order valence-electron chi connectivity index (χ0n) is 12.8. The summed E-state index contributed by atoms with van der Waals surface area (Å²) in [4.78, 5) is 16.9. The summed E-state index contributed by atoms with van der Waals surface area (Å²) in [5.41, 5.74) is 3.04. The summed E-state index contributed by atoms with van der Waals surface area (Å²) >= 11 is 1.29. The van der Waals surface area contributed by atoms with Gasteiger partial charge in [-0.25, -0.2) is 8.42 Å². The van der Waals surface area contributed by atoms with E-state index in [1.165, 1.54) is 22.3 Å². The van der Waals surface area contributed by atoms with E-state index in [0.717, 1.165) is 22.4 Å². The molecule has 0 radical (unpaired) electrons. The molecule has 5 nitrogen and oxygen atoms in total. The van der Waals surface area contributed by atoms with Gasteiger partial charge in [-0.1, -0.05) is 18.2 Å². The summed E-state index contributed by atoms with van der Waals surface area (Å²) in [5, 5.41) is 4.09. The Morgan fingerprint density at radius 2 is 2.08 bits per heavy atom. The number of hydrogen-bond donors (Lipinski definition) is 2.